The molecule has 90 valence electrons. The molecule has 0 fully saturated rings. The van der Waals surface area contributed by atoms with Crippen LogP contribution < -0.4 is 0 Å². The molecule has 2 heteroatoms. The van der Waals surface area contributed by atoms with Crippen LogP contribution in [-0.4, -0.2) is 9.55 Å². The topological polar surface area (TPSA) is 17.8 Å². The van der Waals surface area contributed by atoms with Gasteiger partial charge in [0, 0.05) is 17.8 Å². The molecule has 0 N–H and O–H groups in total. The van der Waals surface area contributed by atoms with E-state index in [1.807, 2.05) is 6.07 Å². The highest BCUT2D eigenvalue weighted by molar-refractivity contribution is 5.56. The highest BCUT2D eigenvalue weighted by atomic mass is 15.1. The van der Waals surface area contributed by atoms with Gasteiger partial charge < -0.3 is 4.57 Å². The molecule has 2 nitrogen and oxygen atoms in total. The summed E-state index contributed by atoms with van der Waals surface area (Å²) in [5.41, 5.74) is 2.35. The molecule has 17 heavy (non-hydrogen) atoms. The predicted octanol–water partition coefficient (Wildman–Crippen LogP) is 4.25. The Morgan fingerprint density at radius 1 is 1.00 bits per heavy atom. The minimum Gasteiger partial charge on any atom is -0.328 e. The lowest BCUT2D eigenvalue weighted by Gasteiger charge is -2.10. The van der Waals surface area contributed by atoms with E-state index < -0.39 is 0 Å². The van der Waals surface area contributed by atoms with Gasteiger partial charge in [-0.25, -0.2) is 4.98 Å². The Hall–Kier alpha value is -1.57. The van der Waals surface area contributed by atoms with E-state index in [9.17, 15) is 0 Å². The molecular formula is C15H20N2. The Bertz CT molecular complexity index is 481. The van der Waals surface area contributed by atoms with Gasteiger partial charge in [0.05, 0.1) is 5.69 Å². The van der Waals surface area contributed by atoms with Gasteiger partial charge in [-0.15, -0.1) is 0 Å². The van der Waals surface area contributed by atoms with Crippen molar-refractivity contribution in [3.05, 3.63) is 42.2 Å². The van der Waals surface area contributed by atoms with Crippen molar-refractivity contribution in [2.24, 2.45) is 0 Å². The van der Waals surface area contributed by atoms with Gasteiger partial charge >= 0.3 is 0 Å². The number of hydrogen-bond acceptors (Lipinski definition) is 1. The molecule has 0 saturated carbocycles. The molecule has 2 rings (SSSR count). The fourth-order valence-corrected chi connectivity index (χ4v) is 1.89. The molecule has 0 bridgehead atoms. The first-order chi connectivity index (χ1) is 8.09. The number of benzene rings is 1. The third kappa shape index (κ3) is 2.41. The Labute approximate surface area is 103 Å². The van der Waals surface area contributed by atoms with Crippen LogP contribution in [0.25, 0.3) is 11.4 Å². The van der Waals surface area contributed by atoms with Crippen molar-refractivity contribution in [3.63, 3.8) is 0 Å². The highest BCUT2D eigenvalue weighted by Gasteiger charge is 2.13. The molecule has 1 aromatic heterocycles. The summed E-state index contributed by atoms with van der Waals surface area (Å²) >= 11 is 0. The van der Waals surface area contributed by atoms with E-state index in [2.05, 4.69) is 62.7 Å². The Balaban J connectivity index is 2.52. The fraction of sp³-hybridized carbons (Fsp3) is 0.400. The molecule has 1 heterocycles. The van der Waals surface area contributed by atoms with Gasteiger partial charge in [0.1, 0.15) is 5.82 Å². The molecule has 0 amide bonds. The molecule has 0 spiro atoms. The number of aromatic nitrogens is 2. The standard InChI is InChI=1S/C15H20N2/c1-11(2)14-10-17(12(3)4)15(16-14)13-8-6-5-7-9-13/h5-12H,1-4H3. The van der Waals surface area contributed by atoms with E-state index in [1.165, 1.54) is 5.56 Å². The molecule has 0 saturated heterocycles. The summed E-state index contributed by atoms with van der Waals surface area (Å²) in [6.07, 6.45) is 2.18. The maximum atomic E-state index is 4.76. The normalized spacial score (nSPS) is 11.4. The van der Waals surface area contributed by atoms with Crippen LogP contribution in [0.4, 0.5) is 0 Å². The number of rotatable bonds is 3. The zero-order valence-corrected chi connectivity index (χ0v) is 11.0. The summed E-state index contributed by atoms with van der Waals surface area (Å²) in [5.74, 6) is 1.54. The van der Waals surface area contributed by atoms with Gasteiger partial charge in [-0.2, -0.15) is 0 Å². The van der Waals surface area contributed by atoms with Crippen LogP contribution in [0.15, 0.2) is 36.5 Å². The van der Waals surface area contributed by atoms with Crippen LogP contribution in [0.5, 0.6) is 0 Å². The molecule has 0 aliphatic carbocycles. The van der Waals surface area contributed by atoms with Crippen molar-refractivity contribution >= 4 is 0 Å². The molecular weight excluding hydrogens is 208 g/mol. The Kier molecular flexibility index (Phi) is 3.32. The zero-order chi connectivity index (χ0) is 12.4. The minimum absolute atomic E-state index is 0.435. The summed E-state index contributed by atoms with van der Waals surface area (Å²) in [4.78, 5) is 4.76. The second-order valence-corrected chi connectivity index (χ2v) is 5.01. The largest absolute Gasteiger partial charge is 0.328 e. The molecule has 1 aromatic carbocycles. The van der Waals surface area contributed by atoms with E-state index >= 15 is 0 Å². The van der Waals surface area contributed by atoms with Crippen molar-refractivity contribution in [1.82, 2.24) is 9.55 Å². The SMILES string of the molecule is CC(C)c1cn(C(C)C)c(-c2ccccc2)n1. The first kappa shape index (κ1) is 11.9. The molecule has 0 unspecified atom stereocenters. The van der Waals surface area contributed by atoms with Gasteiger partial charge in [0.15, 0.2) is 0 Å². The van der Waals surface area contributed by atoms with E-state index in [4.69, 9.17) is 4.98 Å². The van der Waals surface area contributed by atoms with Gasteiger partial charge in [-0.1, -0.05) is 44.2 Å². The number of nitrogens with zero attached hydrogens (tertiary/aromatic N) is 2. The lowest BCUT2D eigenvalue weighted by atomic mass is 10.1. The number of imidazole rings is 1. The van der Waals surface area contributed by atoms with E-state index in [1.54, 1.807) is 0 Å². The van der Waals surface area contributed by atoms with Crippen LogP contribution in [-0.2, 0) is 0 Å². The lowest BCUT2D eigenvalue weighted by molar-refractivity contribution is 0.605. The summed E-state index contributed by atoms with van der Waals surface area (Å²) in [6, 6.07) is 10.8. The average Bonchev–Trinajstić information content (AvgIpc) is 2.75. The maximum Gasteiger partial charge on any atom is 0.140 e. The predicted molar refractivity (Wildman–Crippen MR) is 72.1 cm³/mol. The fourth-order valence-electron chi connectivity index (χ4n) is 1.89. The summed E-state index contributed by atoms with van der Waals surface area (Å²) < 4.78 is 2.25. The van der Waals surface area contributed by atoms with Crippen molar-refractivity contribution in [2.75, 3.05) is 0 Å². The third-order valence-corrected chi connectivity index (χ3v) is 2.93. The zero-order valence-electron chi connectivity index (χ0n) is 11.0. The van der Waals surface area contributed by atoms with Crippen LogP contribution in [0.1, 0.15) is 45.3 Å². The Morgan fingerprint density at radius 2 is 1.65 bits per heavy atom. The third-order valence-electron chi connectivity index (χ3n) is 2.93. The first-order valence-electron chi connectivity index (χ1n) is 6.23. The van der Waals surface area contributed by atoms with Gasteiger partial charge in [0.25, 0.3) is 0 Å². The maximum absolute atomic E-state index is 4.76. The molecule has 0 radical (unpaired) electrons. The van der Waals surface area contributed by atoms with Crippen molar-refractivity contribution in [2.45, 2.75) is 39.7 Å². The molecule has 0 atom stereocenters. The van der Waals surface area contributed by atoms with Crippen molar-refractivity contribution in [3.8, 4) is 11.4 Å². The van der Waals surface area contributed by atoms with Crippen molar-refractivity contribution < 1.29 is 0 Å². The molecule has 2 aromatic rings. The summed E-state index contributed by atoms with van der Waals surface area (Å²) in [7, 11) is 0. The number of hydrogen-bond donors (Lipinski definition) is 0. The minimum atomic E-state index is 0.435. The average molecular weight is 228 g/mol. The lowest BCUT2D eigenvalue weighted by Crippen LogP contribution is -2.01. The van der Waals surface area contributed by atoms with Gasteiger partial charge in [-0.05, 0) is 19.8 Å². The summed E-state index contributed by atoms with van der Waals surface area (Å²) in [5, 5.41) is 0. The smallest absolute Gasteiger partial charge is 0.140 e. The van der Waals surface area contributed by atoms with Crippen LogP contribution >= 0.6 is 0 Å². The van der Waals surface area contributed by atoms with E-state index in [0.29, 0.717) is 12.0 Å². The van der Waals surface area contributed by atoms with Gasteiger partial charge in [0.2, 0.25) is 0 Å². The molecule has 0 aliphatic rings. The van der Waals surface area contributed by atoms with E-state index in [-0.39, 0.29) is 0 Å². The van der Waals surface area contributed by atoms with Crippen LogP contribution in [0.3, 0.4) is 0 Å². The Morgan fingerprint density at radius 3 is 2.18 bits per heavy atom. The van der Waals surface area contributed by atoms with E-state index in [0.717, 1.165) is 11.5 Å². The summed E-state index contributed by atoms with van der Waals surface area (Å²) in [6.45, 7) is 8.75. The molecule has 0 aliphatic heterocycles. The second-order valence-electron chi connectivity index (χ2n) is 5.01. The quantitative estimate of drug-likeness (QED) is 0.767. The van der Waals surface area contributed by atoms with Crippen LogP contribution in [0.2, 0.25) is 0 Å². The van der Waals surface area contributed by atoms with Gasteiger partial charge in [-0.3, -0.25) is 0 Å². The second kappa shape index (κ2) is 4.74. The monoisotopic (exact) mass is 228 g/mol. The van der Waals surface area contributed by atoms with Crippen molar-refractivity contribution in [1.29, 1.82) is 0 Å². The highest BCUT2D eigenvalue weighted by Crippen LogP contribution is 2.25. The van der Waals surface area contributed by atoms with Crippen LogP contribution in [0, 0.1) is 0 Å². The first-order valence-corrected chi connectivity index (χ1v) is 6.23.